The van der Waals surface area contributed by atoms with Gasteiger partial charge in [0.1, 0.15) is 5.60 Å². The van der Waals surface area contributed by atoms with E-state index in [9.17, 15) is 22.0 Å². The molecule has 6 nitrogen and oxygen atoms in total. The fraction of sp³-hybridized carbons (Fsp3) is 0.588. The molecule has 0 aliphatic carbocycles. The Kier molecular flexibility index (Phi) is 5.79. The summed E-state index contributed by atoms with van der Waals surface area (Å²) in [5.74, 6) is -3.48. The Balaban J connectivity index is 2.21. The number of benzene rings is 1. The average molecular weight is 390 g/mol. The molecule has 1 saturated heterocycles. The van der Waals surface area contributed by atoms with Crippen LogP contribution in [0.5, 0.6) is 0 Å². The molecule has 0 saturated carbocycles. The predicted molar refractivity (Wildman–Crippen MR) is 94.2 cm³/mol. The van der Waals surface area contributed by atoms with E-state index in [0.29, 0.717) is 19.6 Å². The Morgan fingerprint density at radius 1 is 1.23 bits per heavy atom. The highest BCUT2D eigenvalue weighted by Gasteiger charge is 2.34. The largest absolute Gasteiger partial charge is 0.444 e. The van der Waals surface area contributed by atoms with Gasteiger partial charge in [-0.05, 0) is 39.8 Å². The van der Waals surface area contributed by atoms with Gasteiger partial charge < -0.3 is 14.5 Å². The Morgan fingerprint density at radius 3 is 2.38 bits per heavy atom. The molecule has 0 spiro atoms. The molecule has 1 aromatic rings. The van der Waals surface area contributed by atoms with Crippen LogP contribution in [-0.2, 0) is 14.6 Å². The molecule has 26 heavy (non-hydrogen) atoms. The number of carbonyl (C=O) groups is 1. The van der Waals surface area contributed by atoms with E-state index in [-0.39, 0.29) is 11.7 Å². The molecule has 1 aliphatic rings. The number of ether oxygens (including phenoxy) is 1. The molecule has 1 aromatic carbocycles. The lowest BCUT2D eigenvalue weighted by molar-refractivity contribution is 0.0158. The molecule has 1 heterocycles. The zero-order valence-corrected chi connectivity index (χ0v) is 16.1. The summed E-state index contributed by atoms with van der Waals surface area (Å²) in [7, 11) is -4.71. The topological polar surface area (TPSA) is 66.9 Å². The van der Waals surface area contributed by atoms with Crippen molar-refractivity contribution in [3.63, 3.8) is 0 Å². The number of halogens is 2. The lowest BCUT2D eigenvalue weighted by Gasteiger charge is -2.41. The van der Waals surface area contributed by atoms with Crippen molar-refractivity contribution in [2.24, 2.45) is 0 Å². The van der Waals surface area contributed by atoms with Gasteiger partial charge in [0.05, 0.1) is 10.6 Å². The monoisotopic (exact) mass is 390 g/mol. The molecule has 9 heteroatoms. The van der Waals surface area contributed by atoms with E-state index in [4.69, 9.17) is 4.74 Å². The second-order valence-electron chi connectivity index (χ2n) is 7.24. The molecule has 146 valence electrons. The van der Waals surface area contributed by atoms with Gasteiger partial charge in [0.2, 0.25) is 9.84 Å². The van der Waals surface area contributed by atoms with Crippen LogP contribution in [0.15, 0.2) is 29.2 Å². The molecule has 1 atom stereocenters. The summed E-state index contributed by atoms with van der Waals surface area (Å²) >= 11 is 0. The second kappa shape index (κ2) is 7.38. The molecule has 0 aromatic heterocycles. The maximum Gasteiger partial charge on any atom is 0.410 e. The van der Waals surface area contributed by atoms with Crippen molar-refractivity contribution in [1.82, 2.24) is 4.90 Å². The number of piperazine rings is 1. The third kappa shape index (κ3) is 4.44. The molecular weight excluding hydrogens is 366 g/mol. The number of nitrogens with zero attached hydrogens (tertiary/aromatic N) is 2. The summed E-state index contributed by atoms with van der Waals surface area (Å²) in [6, 6.07) is 5.44. The van der Waals surface area contributed by atoms with Crippen LogP contribution >= 0.6 is 0 Å². The van der Waals surface area contributed by atoms with E-state index in [1.54, 1.807) is 43.6 Å². The summed E-state index contributed by atoms with van der Waals surface area (Å²) in [6.45, 7) is 8.07. The van der Waals surface area contributed by atoms with E-state index >= 15 is 0 Å². The van der Waals surface area contributed by atoms with Crippen LogP contribution in [0.4, 0.5) is 19.3 Å². The standard InChI is InChI=1S/C17H24F2N2O4S/c1-12-11-20(9-10-21(12)16(22)25-17(2,3)4)13-7-5-6-8-14(13)26(23,24)15(18)19/h5-8,12,15H,9-11H2,1-4H3/t12-/m1/s1. The molecule has 1 amide bonds. The fourth-order valence-electron chi connectivity index (χ4n) is 2.82. The van der Waals surface area contributed by atoms with Crippen LogP contribution in [0.1, 0.15) is 27.7 Å². The predicted octanol–water partition coefficient (Wildman–Crippen LogP) is 3.13. The number of carbonyl (C=O) groups excluding carboxylic acids is 1. The highest BCUT2D eigenvalue weighted by molar-refractivity contribution is 7.91. The average Bonchev–Trinajstić information content (AvgIpc) is 2.52. The van der Waals surface area contributed by atoms with Gasteiger partial charge in [0.25, 0.3) is 0 Å². The lowest BCUT2D eigenvalue weighted by Crippen LogP contribution is -2.55. The van der Waals surface area contributed by atoms with Crippen molar-refractivity contribution < 1.29 is 26.7 Å². The van der Waals surface area contributed by atoms with E-state index < -0.39 is 32.2 Å². The summed E-state index contributed by atoms with van der Waals surface area (Å²) in [6.07, 6.45) is -0.446. The Labute approximate surface area is 152 Å². The molecular formula is C17H24F2N2O4S. The number of alkyl halides is 2. The highest BCUT2D eigenvalue weighted by atomic mass is 32.2. The number of amides is 1. The first-order chi connectivity index (χ1) is 11.9. The maximum absolute atomic E-state index is 13.0. The molecule has 1 aliphatic heterocycles. The first-order valence-electron chi connectivity index (χ1n) is 8.29. The first kappa shape index (κ1) is 20.4. The van der Waals surface area contributed by atoms with E-state index in [1.807, 2.05) is 0 Å². The van der Waals surface area contributed by atoms with Gasteiger partial charge in [-0.15, -0.1) is 0 Å². The van der Waals surface area contributed by atoms with E-state index in [0.717, 1.165) is 0 Å². The zero-order chi connectivity index (χ0) is 19.7. The summed E-state index contributed by atoms with van der Waals surface area (Å²) in [4.78, 5) is 15.1. The van der Waals surface area contributed by atoms with E-state index in [2.05, 4.69) is 0 Å². The van der Waals surface area contributed by atoms with Crippen molar-refractivity contribution >= 4 is 21.6 Å². The van der Waals surface area contributed by atoms with Crippen molar-refractivity contribution in [2.75, 3.05) is 24.5 Å². The molecule has 0 unspecified atom stereocenters. The van der Waals surface area contributed by atoms with Crippen LogP contribution in [0.25, 0.3) is 0 Å². The van der Waals surface area contributed by atoms with Crippen LogP contribution in [0.3, 0.4) is 0 Å². The van der Waals surface area contributed by atoms with Crippen molar-refractivity contribution in [1.29, 1.82) is 0 Å². The number of anilines is 1. The summed E-state index contributed by atoms with van der Waals surface area (Å²) < 4.78 is 55.2. The van der Waals surface area contributed by atoms with Gasteiger partial charge in [0, 0.05) is 25.7 Å². The number of rotatable bonds is 3. The molecule has 0 radical (unpaired) electrons. The van der Waals surface area contributed by atoms with Gasteiger partial charge in [-0.1, -0.05) is 12.1 Å². The molecule has 0 bridgehead atoms. The fourth-order valence-corrected chi connectivity index (χ4v) is 3.77. The SMILES string of the molecule is C[C@@H]1CN(c2ccccc2S(=O)(=O)C(F)F)CCN1C(=O)OC(C)(C)C. The first-order valence-corrected chi connectivity index (χ1v) is 9.84. The minimum atomic E-state index is -4.71. The van der Waals surface area contributed by atoms with Crippen LogP contribution in [0, 0.1) is 0 Å². The third-order valence-electron chi connectivity index (χ3n) is 4.00. The van der Waals surface area contributed by atoms with Crippen LogP contribution in [-0.4, -0.2) is 56.4 Å². The normalized spacial score (nSPS) is 19.0. The third-order valence-corrected chi connectivity index (χ3v) is 5.43. The minimum absolute atomic E-state index is 0.225. The summed E-state index contributed by atoms with van der Waals surface area (Å²) in [5, 5.41) is 0. The maximum atomic E-state index is 13.0. The van der Waals surface area contributed by atoms with Gasteiger partial charge in [-0.3, -0.25) is 0 Å². The Bertz CT molecular complexity index is 762. The van der Waals surface area contributed by atoms with Gasteiger partial charge >= 0.3 is 11.9 Å². The number of sulfone groups is 1. The van der Waals surface area contributed by atoms with E-state index in [1.165, 1.54) is 18.2 Å². The van der Waals surface area contributed by atoms with Gasteiger partial charge in [-0.25, -0.2) is 13.2 Å². The summed E-state index contributed by atoms with van der Waals surface area (Å²) in [5.41, 5.74) is -0.394. The minimum Gasteiger partial charge on any atom is -0.444 e. The van der Waals surface area contributed by atoms with Crippen LogP contribution < -0.4 is 4.90 Å². The lowest BCUT2D eigenvalue weighted by atomic mass is 10.1. The zero-order valence-electron chi connectivity index (χ0n) is 15.3. The van der Waals surface area contributed by atoms with Crippen molar-refractivity contribution in [2.45, 2.75) is 50.0 Å². The molecule has 0 N–H and O–H groups in total. The Morgan fingerprint density at radius 2 is 1.85 bits per heavy atom. The Hall–Kier alpha value is -1.90. The molecule has 2 rings (SSSR count). The van der Waals surface area contributed by atoms with Crippen LogP contribution in [0.2, 0.25) is 0 Å². The molecule has 1 fully saturated rings. The van der Waals surface area contributed by atoms with Crippen molar-refractivity contribution in [3.8, 4) is 0 Å². The smallest absolute Gasteiger partial charge is 0.410 e. The second-order valence-corrected chi connectivity index (χ2v) is 9.13. The van der Waals surface area contributed by atoms with Gasteiger partial charge in [0.15, 0.2) is 0 Å². The highest BCUT2D eigenvalue weighted by Crippen LogP contribution is 2.30. The number of para-hydroxylation sites is 1. The number of hydrogen-bond acceptors (Lipinski definition) is 5. The number of hydrogen-bond donors (Lipinski definition) is 0. The van der Waals surface area contributed by atoms with Gasteiger partial charge in [-0.2, -0.15) is 8.78 Å². The van der Waals surface area contributed by atoms with Crippen molar-refractivity contribution in [3.05, 3.63) is 24.3 Å². The quantitative estimate of drug-likeness (QED) is 0.793.